The van der Waals surface area contributed by atoms with Gasteiger partial charge in [0.1, 0.15) is 6.04 Å². The fourth-order valence-corrected chi connectivity index (χ4v) is 5.08. The van der Waals surface area contributed by atoms with E-state index in [-0.39, 0.29) is 6.16 Å². The van der Waals surface area contributed by atoms with E-state index < -0.39 is 49.7 Å². The molecule has 1 saturated heterocycles. The van der Waals surface area contributed by atoms with E-state index in [1.165, 1.54) is 4.90 Å². The van der Waals surface area contributed by atoms with Gasteiger partial charge in [0.15, 0.2) is 6.79 Å². The number of carboxylic acids is 1. The third-order valence-electron chi connectivity index (χ3n) is 4.95. The number of hydrogen-bond acceptors (Lipinski definition) is 6. The van der Waals surface area contributed by atoms with Gasteiger partial charge in [0.25, 0.3) is 7.52 Å². The molecule has 1 heterocycles. The van der Waals surface area contributed by atoms with E-state index in [1.807, 2.05) is 0 Å². The number of amides is 1. The normalized spacial score (nSPS) is 19.9. The number of carbonyl (C=O) groups excluding carboxylic acids is 2. The lowest BCUT2D eigenvalue weighted by molar-refractivity contribution is -0.159. The second kappa shape index (κ2) is 11.8. The Balaban J connectivity index is 2.77. The van der Waals surface area contributed by atoms with Gasteiger partial charge >= 0.3 is 11.9 Å². The van der Waals surface area contributed by atoms with Crippen molar-refractivity contribution in [2.45, 2.75) is 85.2 Å². The van der Waals surface area contributed by atoms with Crippen LogP contribution in [0.5, 0.6) is 0 Å². The van der Waals surface area contributed by atoms with Crippen molar-refractivity contribution in [1.29, 1.82) is 0 Å². The lowest BCUT2D eigenvalue weighted by Gasteiger charge is -2.28. The number of carbonyl (C=O) groups is 3. The Morgan fingerprint density at radius 2 is 1.90 bits per heavy atom. The maximum Gasteiger partial charge on any atom is 0.326 e. The highest BCUT2D eigenvalue weighted by Crippen LogP contribution is 2.44. The first kappa shape index (κ1) is 26.6. The van der Waals surface area contributed by atoms with Crippen molar-refractivity contribution in [3.8, 4) is 0 Å². The minimum absolute atomic E-state index is 0.194. The molecule has 1 amide bonds. The lowest BCUT2D eigenvalue weighted by Crippen LogP contribution is -2.48. The van der Waals surface area contributed by atoms with Crippen LogP contribution in [-0.4, -0.2) is 59.4 Å². The molecule has 0 saturated carbocycles. The first-order valence-corrected chi connectivity index (χ1v) is 12.4. The zero-order chi connectivity index (χ0) is 22.9. The Morgan fingerprint density at radius 1 is 1.23 bits per heavy atom. The molecule has 1 aliphatic heterocycles. The molecule has 0 spiro atoms. The van der Waals surface area contributed by atoms with Gasteiger partial charge in [0.2, 0.25) is 5.91 Å². The fraction of sp³-hybridized carbons (Fsp3) is 0.850. The van der Waals surface area contributed by atoms with Gasteiger partial charge in [0, 0.05) is 12.7 Å². The van der Waals surface area contributed by atoms with Gasteiger partial charge in [-0.05, 0) is 47.0 Å². The largest absolute Gasteiger partial charge is 0.480 e. The first-order chi connectivity index (χ1) is 13.9. The average molecular weight is 448 g/mol. The zero-order valence-corrected chi connectivity index (χ0v) is 19.7. The molecule has 9 nitrogen and oxygen atoms in total. The Kier molecular flexibility index (Phi) is 10.5. The Bertz CT molecular complexity index is 648. The van der Waals surface area contributed by atoms with E-state index in [4.69, 9.17) is 9.26 Å². The molecule has 1 aliphatic rings. The number of ether oxygens (including phenoxy) is 1. The standard InChI is InChI=1S/C20H37N2O7P/c1-6-7-8-9-13-30(27,29-14-28-19(26)20(3,4)5)21-15(2)17(23)22-12-10-11-16(22)18(24)25/h15-16H,6-14H2,1-5H3,(H,21,27)(H,24,25)/t15-,16-,30?/m0/s1. The molecule has 0 aliphatic carbocycles. The highest BCUT2D eigenvalue weighted by Gasteiger charge is 2.38. The molecule has 0 radical (unpaired) electrons. The highest BCUT2D eigenvalue weighted by atomic mass is 31.2. The van der Waals surface area contributed by atoms with Crippen molar-refractivity contribution < 1.29 is 33.3 Å². The second-order valence-electron chi connectivity index (χ2n) is 8.77. The Morgan fingerprint density at radius 3 is 2.47 bits per heavy atom. The third-order valence-corrected chi connectivity index (χ3v) is 7.16. The summed E-state index contributed by atoms with van der Waals surface area (Å²) in [6.07, 6.45) is 4.71. The Labute approximate surface area is 179 Å². The van der Waals surface area contributed by atoms with E-state index in [1.54, 1.807) is 27.7 Å². The molecule has 1 fully saturated rings. The van der Waals surface area contributed by atoms with Crippen LogP contribution in [0.2, 0.25) is 0 Å². The highest BCUT2D eigenvalue weighted by molar-refractivity contribution is 7.56. The predicted octanol–water partition coefficient (Wildman–Crippen LogP) is 3.38. The van der Waals surface area contributed by atoms with Crippen LogP contribution in [0.25, 0.3) is 0 Å². The third kappa shape index (κ3) is 8.36. The van der Waals surface area contributed by atoms with Crippen LogP contribution in [0.15, 0.2) is 0 Å². The average Bonchev–Trinajstić information content (AvgIpc) is 3.14. The summed E-state index contributed by atoms with van der Waals surface area (Å²) < 4.78 is 23.9. The molecule has 1 unspecified atom stereocenters. The van der Waals surface area contributed by atoms with E-state index in [0.29, 0.717) is 25.8 Å². The summed E-state index contributed by atoms with van der Waals surface area (Å²) in [7, 11) is -3.48. The molecule has 30 heavy (non-hydrogen) atoms. The number of esters is 1. The molecule has 174 valence electrons. The smallest absolute Gasteiger partial charge is 0.326 e. The van der Waals surface area contributed by atoms with Crippen LogP contribution in [0.1, 0.15) is 73.1 Å². The maximum atomic E-state index is 13.3. The number of hydrogen-bond donors (Lipinski definition) is 2. The number of carboxylic acid groups (broad SMARTS) is 1. The molecule has 1 rings (SSSR count). The number of nitrogens with zero attached hydrogens (tertiary/aromatic N) is 1. The number of unbranched alkanes of at least 4 members (excludes halogenated alkanes) is 3. The van der Waals surface area contributed by atoms with Crippen LogP contribution in [0, 0.1) is 5.41 Å². The Hall–Kier alpha value is -1.44. The van der Waals surface area contributed by atoms with Gasteiger partial charge in [-0.15, -0.1) is 0 Å². The van der Waals surface area contributed by atoms with Gasteiger partial charge in [-0.25, -0.2) is 9.88 Å². The monoisotopic (exact) mass is 448 g/mol. The number of nitrogens with one attached hydrogen (secondary N) is 1. The minimum atomic E-state index is -3.48. The second-order valence-corrected chi connectivity index (χ2v) is 11.1. The van der Waals surface area contributed by atoms with Gasteiger partial charge in [-0.3, -0.25) is 18.7 Å². The molecule has 2 N–H and O–H groups in total. The summed E-state index contributed by atoms with van der Waals surface area (Å²) in [5.41, 5.74) is -0.716. The van der Waals surface area contributed by atoms with Crippen LogP contribution in [-0.2, 0) is 28.2 Å². The van der Waals surface area contributed by atoms with E-state index in [0.717, 1.165) is 19.3 Å². The van der Waals surface area contributed by atoms with E-state index in [2.05, 4.69) is 12.0 Å². The molecular weight excluding hydrogens is 411 g/mol. The number of likely N-dealkylation sites (tertiary alicyclic amines) is 1. The minimum Gasteiger partial charge on any atom is -0.480 e. The van der Waals surface area contributed by atoms with Crippen molar-refractivity contribution in [3.05, 3.63) is 0 Å². The zero-order valence-electron chi connectivity index (χ0n) is 18.8. The van der Waals surface area contributed by atoms with Crippen LogP contribution < -0.4 is 5.09 Å². The topological polar surface area (TPSA) is 122 Å². The van der Waals surface area contributed by atoms with E-state index in [9.17, 15) is 24.1 Å². The summed E-state index contributed by atoms with van der Waals surface area (Å²) in [6, 6.07) is -1.75. The lowest BCUT2D eigenvalue weighted by atomic mass is 9.98. The summed E-state index contributed by atoms with van der Waals surface area (Å²) in [4.78, 5) is 37.4. The molecule has 3 atom stereocenters. The fourth-order valence-electron chi connectivity index (χ4n) is 3.18. The quantitative estimate of drug-likeness (QED) is 0.202. The molecule has 0 aromatic heterocycles. The number of rotatable bonds is 12. The van der Waals surface area contributed by atoms with Crippen molar-refractivity contribution in [2.24, 2.45) is 5.41 Å². The van der Waals surface area contributed by atoms with Gasteiger partial charge in [-0.1, -0.05) is 26.2 Å². The SMILES string of the molecule is CCCCCCP(=O)(N[C@@H](C)C(=O)N1CCC[C@H]1C(=O)O)OCOC(=O)C(C)(C)C. The van der Waals surface area contributed by atoms with Crippen molar-refractivity contribution in [3.63, 3.8) is 0 Å². The first-order valence-electron chi connectivity index (χ1n) is 10.6. The van der Waals surface area contributed by atoms with Crippen LogP contribution in [0.3, 0.4) is 0 Å². The van der Waals surface area contributed by atoms with Gasteiger partial charge in [-0.2, -0.15) is 0 Å². The molecule has 0 bridgehead atoms. The summed E-state index contributed by atoms with van der Waals surface area (Å²) in [5.74, 6) is -1.95. The summed E-state index contributed by atoms with van der Waals surface area (Å²) in [5, 5.41) is 12.1. The maximum absolute atomic E-state index is 13.3. The van der Waals surface area contributed by atoms with Crippen molar-refractivity contribution in [1.82, 2.24) is 9.99 Å². The van der Waals surface area contributed by atoms with Crippen LogP contribution >= 0.6 is 7.52 Å². The summed E-state index contributed by atoms with van der Waals surface area (Å²) in [6.45, 7) is 8.59. The van der Waals surface area contributed by atoms with E-state index >= 15 is 0 Å². The molecule has 0 aromatic carbocycles. The molecule has 0 aromatic rings. The number of aliphatic carboxylic acids is 1. The van der Waals surface area contributed by atoms with Crippen molar-refractivity contribution >= 4 is 25.4 Å². The van der Waals surface area contributed by atoms with Crippen LogP contribution in [0.4, 0.5) is 0 Å². The van der Waals surface area contributed by atoms with Gasteiger partial charge in [0.05, 0.1) is 11.5 Å². The van der Waals surface area contributed by atoms with Crippen molar-refractivity contribution in [2.75, 3.05) is 19.5 Å². The molecule has 10 heteroatoms. The van der Waals surface area contributed by atoms with Gasteiger partial charge < -0.3 is 14.7 Å². The molecular formula is C20H37N2O7P. The summed E-state index contributed by atoms with van der Waals surface area (Å²) >= 11 is 0. The predicted molar refractivity (Wildman–Crippen MR) is 113 cm³/mol.